The van der Waals surface area contributed by atoms with Gasteiger partial charge < -0.3 is 4.90 Å². The summed E-state index contributed by atoms with van der Waals surface area (Å²) in [6, 6.07) is 0. The van der Waals surface area contributed by atoms with Gasteiger partial charge in [-0.1, -0.05) is 0 Å². The summed E-state index contributed by atoms with van der Waals surface area (Å²) < 4.78 is 35.2. The number of halogens is 3. The molecule has 1 aromatic rings. The Kier molecular flexibility index (Phi) is 4.40. The van der Waals surface area contributed by atoms with Crippen LogP contribution in [0.2, 0.25) is 0 Å². The number of rotatable bonds is 4. The predicted molar refractivity (Wildman–Crippen MR) is 83.9 cm³/mol. The van der Waals surface area contributed by atoms with Crippen LogP contribution < -0.4 is 0 Å². The number of sulfone groups is 1. The quantitative estimate of drug-likeness (QED) is 0.486. The van der Waals surface area contributed by atoms with Crippen molar-refractivity contribution in [3.8, 4) is 0 Å². The van der Waals surface area contributed by atoms with Crippen LogP contribution in [-0.4, -0.2) is 49.3 Å². The number of fused-ring (bicyclic) bond motifs is 1. The number of nitrogens with one attached hydrogen (secondary N) is 1. The maximum atomic E-state index is 13.4. The summed E-state index contributed by atoms with van der Waals surface area (Å²) >= 11 is 2.85. The van der Waals surface area contributed by atoms with Gasteiger partial charge in [-0.2, -0.15) is 5.10 Å². The van der Waals surface area contributed by atoms with Crippen LogP contribution in [0.4, 0.5) is 4.39 Å². The van der Waals surface area contributed by atoms with E-state index in [-0.39, 0.29) is 12.5 Å². The molecule has 1 aromatic heterocycles. The number of alkyl halides is 3. The lowest BCUT2D eigenvalue weighted by Gasteiger charge is -2.26. The molecule has 0 spiro atoms. The van der Waals surface area contributed by atoms with E-state index in [0.29, 0.717) is 17.7 Å². The second-order valence-corrected chi connectivity index (χ2v) is 11.7. The van der Waals surface area contributed by atoms with Crippen molar-refractivity contribution in [3.63, 3.8) is 0 Å². The highest BCUT2D eigenvalue weighted by Crippen LogP contribution is 2.31. The van der Waals surface area contributed by atoms with Crippen LogP contribution in [0.1, 0.15) is 16.1 Å². The molecule has 0 atom stereocenters. The van der Waals surface area contributed by atoms with Gasteiger partial charge in [-0.25, -0.2) is 12.8 Å². The third-order valence-corrected chi connectivity index (χ3v) is 5.93. The largest absolute Gasteiger partial charge is 0.324 e. The molecule has 106 valence electrons. The molecule has 2 heterocycles. The minimum Gasteiger partial charge on any atom is -0.324 e. The fourth-order valence-corrected chi connectivity index (χ4v) is 6.02. The minimum absolute atomic E-state index is 0.275. The summed E-state index contributed by atoms with van der Waals surface area (Å²) in [5.41, 5.74) is 1.03. The average Bonchev–Trinajstić information content (AvgIpc) is 2.67. The van der Waals surface area contributed by atoms with Gasteiger partial charge >= 0.3 is 0 Å². The van der Waals surface area contributed by atoms with E-state index in [1.165, 1.54) is 56.3 Å². The van der Waals surface area contributed by atoms with Gasteiger partial charge in [0.15, 0.2) is 9.84 Å². The van der Waals surface area contributed by atoms with Gasteiger partial charge in [-0.05, 0) is 45.2 Å². The number of aromatic amines is 1. The number of carbonyl (C=O) groups excluding carboxylic acids is 1. The maximum Gasteiger partial charge on any atom is 0.258 e. The highest BCUT2D eigenvalue weighted by atomic mass is 127. The average molecular weight is 513 g/mol. The second-order valence-electron chi connectivity index (χ2n) is 4.20. The van der Waals surface area contributed by atoms with Crippen molar-refractivity contribution in [2.45, 2.75) is 8.10 Å². The molecule has 2 rings (SSSR count). The third-order valence-electron chi connectivity index (χ3n) is 2.59. The smallest absolute Gasteiger partial charge is 0.258 e. The topological polar surface area (TPSA) is 83.1 Å². The standard InChI is InChI=1S/C9H10FI2N3O3S/c10-9(11,12)4-19(17,18)5-15-2-1-7-6(8(15)16)3-13-14-7/h3H,1-2,4-5H2,(H,13,14). The normalized spacial score (nSPS) is 16.6. The first-order valence-corrected chi connectivity index (χ1v) is 9.25. The molecule has 1 N–H and O–H groups in total. The molecular weight excluding hydrogens is 503 g/mol. The van der Waals surface area contributed by atoms with Gasteiger partial charge in [0, 0.05) is 19.2 Å². The SMILES string of the molecule is O=C1c2c[nH]nc2CCN1CS(=O)(=O)CC(F)(I)I. The maximum absolute atomic E-state index is 13.4. The molecule has 0 radical (unpaired) electrons. The molecule has 0 unspecified atom stereocenters. The summed E-state index contributed by atoms with van der Waals surface area (Å²) in [6.07, 6.45) is 1.95. The van der Waals surface area contributed by atoms with Gasteiger partial charge in [0.1, 0.15) is 11.6 Å². The molecule has 0 saturated heterocycles. The van der Waals surface area contributed by atoms with E-state index in [1.54, 1.807) is 0 Å². The van der Waals surface area contributed by atoms with Crippen molar-refractivity contribution in [3.05, 3.63) is 17.5 Å². The number of hydrogen-bond acceptors (Lipinski definition) is 4. The number of nitrogens with zero attached hydrogens (tertiary/aromatic N) is 2. The molecular formula is C9H10FI2N3O3S. The number of hydrogen-bond donors (Lipinski definition) is 1. The molecule has 1 amide bonds. The van der Waals surface area contributed by atoms with Crippen molar-refractivity contribution in [1.82, 2.24) is 15.1 Å². The number of H-pyrrole nitrogens is 1. The van der Waals surface area contributed by atoms with Gasteiger partial charge in [0.25, 0.3) is 5.91 Å². The van der Waals surface area contributed by atoms with Gasteiger partial charge in [-0.3, -0.25) is 9.89 Å². The van der Waals surface area contributed by atoms with Crippen LogP contribution in [0.15, 0.2) is 6.20 Å². The Morgan fingerprint density at radius 2 is 2.21 bits per heavy atom. The van der Waals surface area contributed by atoms with Crippen LogP contribution >= 0.6 is 45.2 Å². The lowest BCUT2D eigenvalue weighted by molar-refractivity contribution is 0.0767. The first-order valence-electron chi connectivity index (χ1n) is 5.27. The van der Waals surface area contributed by atoms with Crippen molar-refractivity contribution >= 4 is 60.9 Å². The molecule has 0 saturated carbocycles. The number of amides is 1. The summed E-state index contributed by atoms with van der Waals surface area (Å²) in [5, 5.41) is 6.50. The van der Waals surface area contributed by atoms with Crippen molar-refractivity contribution in [2.75, 3.05) is 18.2 Å². The lowest BCUT2D eigenvalue weighted by Crippen LogP contribution is -2.42. The molecule has 1 aliphatic heterocycles. The highest BCUT2D eigenvalue weighted by Gasteiger charge is 2.34. The summed E-state index contributed by atoms with van der Waals surface area (Å²) in [4.78, 5) is 13.2. The Hall–Kier alpha value is 0.0200. The molecule has 6 nitrogen and oxygen atoms in total. The molecule has 0 fully saturated rings. The Morgan fingerprint density at radius 1 is 1.53 bits per heavy atom. The summed E-state index contributed by atoms with van der Waals surface area (Å²) in [5.74, 6) is -1.47. The second kappa shape index (κ2) is 5.42. The van der Waals surface area contributed by atoms with Gasteiger partial charge in [0.05, 0.1) is 11.3 Å². The monoisotopic (exact) mass is 513 g/mol. The van der Waals surface area contributed by atoms with Crippen LogP contribution in [0.5, 0.6) is 0 Å². The van der Waals surface area contributed by atoms with E-state index < -0.39 is 23.1 Å². The van der Waals surface area contributed by atoms with Crippen LogP contribution in [0.3, 0.4) is 0 Å². The molecule has 1 aliphatic rings. The lowest BCUT2D eigenvalue weighted by atomic mass is 10.1. The first kappa shape index (κ1) is 15.4. The predicted octanol–water partition coefficient (Wildman–Crippen LogP) is 1.27. The Labute approximate surface area is 136 Å². The van der Waals surface area contributed by atoms with Crippen molar-refractivity contribution < 1.29 is 17.6 Å². The van der Waals surface area contributed by atoms with Crippen LogP contribution in [0.25, 0.3) is 0 Å². The molecule has 0 bridgehead atoms. The molecule has 0 aliphatic carbocycles. The molecule has 10 heteroatoms. The Morgan fingerprint density at radius 3 is 2.84 bits per heavy atom. The van der Waals surface area contributed by atoms with Gasteiger partial charge in [-0.15, -0.1) is 0 Å². The van der Waals surface area contributed by atoms with E-state index >= 15 is 0 Å². The number of aromatic nitrogens is 2. The minimum atomic E-state index is -3.67. The van der Waals surface area contributed by atoms with E-state index in [4.69, 9.17) is 0 Å². The fraction of sp³-hybridized carbons (Fsp3) is 0.556. The Balaban J connectivity index is 2.12. The molecule has 0 aromatic carbocycles. The zero-order chi connectivity index (χ0) is 14.3. The number of carbonyl (C=O) groups is 1. The Bertz CT molecular complexity index is 596. The van der Waals surface area contributed by atoms with Crippen molar-refractivity contribution in [1.29, 1.82) is 0 Å². The van der Waals surface area contributed by atoms with E-state index in [2.05, 4.69) is 10.2 Å². The van der Waals surface area contributed by atoms with E-state index in [0.717, 1.165) is 0 Å². The van der Waals surface area contributed by atoms with E-state index in [9.17, 15) is 17.6 Å². The van der Waals surface area contributed by atoms with Crippen molar-refractivity contribution in [2.24, 2.45) is 0 Å². The zero-order valence-electron chi connectivity index (χ0n) is 9.57. The fourth-order valence-electron chi connectivity index (χ4n) is 1.86. The first-order chi connectivity index (χ1) is 8.68. The van der Waals surface area contributed by atoms with Gasteiger partial charge in [0.2, 0.25) is 1.68 Å². The van der Waals surface area contributed by atoms with Crippen LogP contribution in [-0.2, 0) is 16.3 Å². The summed E-state index contributed by atoms with van der Waals surface area (Å²) in [7, 11) is -3.67. The van der Waals surface area contributed by atoms with E-state index in [1.807, 2.05) is 0 Å². The zero-order valence-corrected chi connectivity index (χ0v) is 14.7. The van der Waals surface area contributed by atoms with Crippen LogP contribution in [0, 0.1) is 0 Å². The highest BCUT2D eigenvalue weighted by molar-refractivity contribution is 14.2. The molecule has 19 heavy (non-hydrogen) atoms. The third kappa shape index (κ3) is 4.00. The summed E-state index contributed by atoms with van der Waals surface area (Å²) in [6.45, 7) is 0.275.